The minimum absolute atomic E-state index is 0.0829. The Morgan fingerprint density at radius 3 is 2.89 bits per heavy atom. The van der Waals surface area contributed by atoms with Gasteiger partial charge < -0.3 is 9.84 Å². The molecule has 1 heterocycles. The predicted molar refractivity (Wildman–Crippen MR) is 73.0 cm³/mol. The highest BCUT2D eigenvalue weighted by Gasteiger charge is 2.22. The first kappa shape index (κ1) is 12.2. The van der Waals surface area contributed by atoms with Crippen molar-refractivity contribution in [2.45, 2.75) is 19.3 Å². The number of carbonyl (C=O) groups excluding carboxylic acids is 1. The molecule has 4 nitrogen and oxygen atoms in total. The van der Waals surface area contributed by atoms with E-state index in [0.717, 1.165) is 34.0 Å². The maximum absolute atomic E-state index is 11.8. The molecule has 1 N–H and O–H groups in total. The number of benzene rings is 1. The number of methoxy groups -OCH3 is 1. The molecule has 0 unspecified atom stereocenters. The van der Waals surface area contributed by atoms with Crippen molar-refractivity contribution in [2.24, 2.45) is 0 Å². The minimum Gasteiger partial charge on any atom is -0.504 e. The third-order valence-electron chi connectivity index (χ3n) is 3.19. The van der Waals surface area contributed by atoms with Crippen LogP contribution >= 0.6 is 11.3 Å². The number of aromatic nitrogens is 1. The van der Waals surface area contributed by atoms with Crippen LogP contribution in [-0.4, -0.2) is 23.0 Å². The topological polar surface area (TPSA) is 59.4 Å². The van der Waals surface area contributed by atoms with Gasteiger partial charge in [0.1, 0.15) is 5.01 Å². The second-order valence-corrected chi connectivity index (χ2v) is 5.46. The van der Waals surface area contributed by atoms with Crippen molar-refractivity contribution in [1.29, 1.82) is 0 Å². The molecule has 0 fully saturated rings. The van der Waals surface area contributed by atoms with Gasteiger partial charge in [0, 0.05) is 12.0 Å². The Hall–Kier alpha value is -1.88. The van der Waals surface area contributed by atoms with Gasteiger partial charge in [0.2, 0.25) is 0 Å². The zero-order valence-corrected chi connectivity index (χ0v) is 11.3. The lowest BCUT2D eigenvalue weighted by Gasteiger charge is -2.06. The first-order valence-corrected chi connectivity index (χ1v) is 6.91. The van der Waals surface area contributed by atoms with Gasteiger partial charge in [0.25, 0.3) is 0 Å². The molecule has 2 aromatic rings. The molecule has 1 aromatic heterocycles. The van der Waals surface area contributed by atoms with Crippen molar-refractivity contribution in [2.75, 3.05) is 7.11 Å². The van der Waals surface area contributed by atoms with Gasteiger partial charge in [-0.3, -0.25) is 4.79 Å². The van der Waals surface area contributed by atoms with E-state index in [9.17, 15) is 9.90 Å². The number of phenols is 1. The lowest BCUT2D eigenvalue weighted by Crippen LogP contribution is -2.07. The zero-order chi connectivity index (χ0) is 13.4. The Morgan fingerprint density at radius 2 is 2.21 bits per heavy atom. The standard InChI is InChI=1S/C14H13NO3S/c1-18-12-6-5-8(7-11(12)17)14-15-9-3-2-4-10(16)13(9)19-14/h5-7,17H,2-4H2,1H3. The number of fused-ring (bicyclic) bond motifs is 1. The summed E-state index contributed by atoms with van der Waals surface area (Å²) in [4.78, 5) is 17.1. The van der Waals surface area contributed by atoms with Crippen molar-refractivity contribution in [3.05, 3.63) is 28.8 Å². The number of aryl methyl sites for hydroxylation is 1. The summed E-state index contributed by atoms with van der Waals surface area (Å²) in [6.45, 7) is 0. The summed E-state index contributed by atoms with van der Waals surface area (Å²) < 4.78 is 5.01. The van der Waals surface area contributed by atoms with Gasteiger partial charge in [0.15, 0.2) is 17.3 Å². The number of Topliss-reactive ketones (excluding diaryl/α,β-unsaturated/α-hetero) is 1. The fourth-order valence-corrected chi connectivity index (χ4v) is 3.29. The number of carbonyl (C=O) groups is 1. The number of aromatic hydroxyl groups is 1. The average Bonchev–Trinajstić information content (AvgIpc) is 2.84. The van der Waals surface area contributed by atoms with Crippen LogP contribution in [0.25, 0.3) is 10.6 Å². The molecule has 0 saturated carbocycles. The van der Waals surface area contributed by atoms with Gasteiger partial charge in [-0.15, -0.1) is 11.3 Å². The van der Waals surface area contributed by atoms with Crippen molar-refractivity contribution in [3.8, 4) is 22.1 Å². The predicted octanol–water partition coefficient (Wildman–Crippen LogP) is 3.04. The zero-order valence-electron chi connectivity index (χ0n) is 10.5. The first-order chi connectivity index (χ1) is 9.19. The van der Waals surface area contributed by atoms with Gasteiger partial charge in [0.05, 0.1) is 17.7 Å². The number of thiazole rings is 1. The molecule has 0 radical (unpaired) electrons. The Labute approximate surface area is 114 Å². The van der Waals surface area contributed by atoms with Crippen LogP contribution in [0.5, 0.6) is 11.5 Å². The van der Waals surface area contributed by atoms with Gasteiger partial charge in [-0.25, -0.2) is 4.98 Å². The third kappa shape index (κ3) is 2.10. The Balaban J connectivity index is 2.03. The third-order valence-corrected chi connectivity index (χ3v) is 4.38. The molecule has 0 spiro atoms. The summed E-state index contributed by atoms with van der Waals surface area (Å²) in [6, 6.07) is 5.16. The molecule has 0 amide bonds. The summed E-state index contributed by atoms with van der Waals surface area (Å²) in [7, 11) is 1.51. The minimum atomic E-state index is 0.0829. The summed E-state index contributed by atoms with van der Waals surface area (Å²) in [5.74, 6) is 0.698. The van der Waals surface area contributed by atoms with E-state index in [1.807, 2.05) is 6.07 Å². The summed E-state index contributed by atoms with van der Waals surface area (Å²) in [5, 5.41) is 10.6. The normalized spacial score (nSPS) is 14.3. The second-order valence-electron chi connectivity index (χ2n) is 4.46. The number of ether oxygens (including phenoxy) is 1. The molecule has 5 heteroatoms. The van der Waals surface area contributed by atoms with Crippen molar-refractivity contribution >= 4 is 17.1 Å². The molecule has 1 aliphatic rings. The van der Waals surface area contributed by atoms with Gasteiger partial charge in [-0.1, -0.05) is 0 Å². The molecule has 0 saturated heterocycles. The van der Waals surface area contributed by atoms with Gasteiger partial charge in [-0.05, 0) is 31.0 Å². The second kappa shape index (κ2) is 4.66. The monoisotopic (exact) mass is 275 g/mol. The average molecular weight is 275 g/mol. The Bertz CT molecular complexity index is 648. The van der Waals surface area contributed by atoms with Gasteiger partial charge >= 0.3 is 0 Å². The fourth-order valence-electron chi connectivity index (χ4n) is 2.22. The molecule has 98 valence electrons. The molecular weight excluding hydrogens is 262 g/mol. The maximum Gasteiger partial charge on any atom is 0.174 e. The van der Waals surface area contributed by atoms with Crippen LogP contribution in [0, 0.1) is 0 Å². The summed E-state index contributed by atoms with van der Waals surface area (Å²) in [5.41, 5.74) is 1.71. The number of phenolic OH excluding ortho intramolecular Hbond substituents is 1. The van der Waals surface area contributed by atoms with E-state index in [0.29, 0.717) is 12.2 Å². The largest absolute Gasteiger partial charge is 0.504 e. The Morgan fingerprint density at radius 1 is 1.37 bits per heavy atom. The lowest BCUT2D eigenvalue weighted by atomic mass is 10.0. The van der Waals surface area contributed by atoms with E-state index < -0.39 is 0 Å². The lowest BCUT2D eigenvalue weighted by molar-refractivity contribution is 0.0976. The molecular formula is C14H13NO3S. The van der Waals surface area contributed by atoms with Crippen LogP contribution in [0.4, 0.5) is 0 Å². The van der Waals surface area contributed by atoms with Crippen LogP contribution in [0.3, 0.4) is 0 Å². The van der Waals surface area contributed by atoms with Gasteiger partial charge in [-0.2, -0.15) is 0 Å². The molecule has 0 bridgehead atoms. The van der Waals surface area contributed by atoms with E-state index in [-0.39, 0.29) is 11.5 Å². The van der Waals surface area contributed by atoms with E-state index in [1.54, 1.807) is 12.1 Å². The molecule has 0 atom stereocenters. The molecule has 1 aromatic carbocycles. The number of hydrogen-bond acceptors (Lipinski definition) is 5. The van der Waals surface area contributed by atoms with Crippen LogP contribution in [0.15, 0.2) is 18.2 Å². The summed E-state index contributed by atoms with van der Waals surface area (Å²) >= 11 is 1.41. The Kier molecular flexibility index (Phi) is 2.98. The molecule has 19 heavy (non-hydrogen) atoms. The highest BCUT2D eigenvalue weighted by atomic mass is 32.1. The quantitative estimate of drug-likeness (QED) is 0.915. The highest BCUT2D eigenvalue weighted by molar-refractivity contribution is 7.17. The van der Waals surface area contributed by atoms with Crippen molar-refractivity contribution in [3.63, 3.8) is 0 Å². The highest BCUT2D eigenvalue weighted by Crippen LogP contribution is 2.36. The number of rotatable bonds is 2. The van der Waals surface area contributed by atoms with E-state index >= 15 is 0 Å². The summed E-state index contributed by atoms with van der Waals surface area (Å²) in [6.07, 6.45) is 2.35. The van der Waals surface area contributed by atoms with Crippen molar-refractivity contribution < 1.29 is 14.6 Å². The van der Waals surface area contributed by atoms with Crippen LogP contribution in [0.1, 0.15) is 28.2 Å². The molecule has 1 aliphatic carbocycles. The SMILES string of the molecule is COc1ccc(-c2nc3c(s2)C(=O)CCC3)cc1O. The first-order valence-electron chi connectivity index (χ1n) is 6.09. The molecule has 3 rings (SSSR count). The van der Waals surface area contributed by atoms with Crippen LogP contribution in [0.2, 0.25) is 0 Å². The van der Waals surface area contributed by atoms with Crippen molar-refractivity contribution in [1.82, 2.24) is 4.98 Å². The number of nitrogens with zero attached hydrogens (tertiary/aromatic N) is 1. The molecule has 0 aliphatic heterocycles. The number of hydrogen-bond donors (Lipinski definition) is 1. The van der Waals surface area contributed by atoms with Crippen LogP contribution in [-0.2, 0) is 6.42 Å². The van der Waals surface area contributed by atoms with Crippen LogP contribution < -0.4 is 4.74 Å². The smallest absolute Gasteiger partial charge is 0.174 e. The van der Waals surface area contributed by atoms with E-state index in [4.69, 9.17) is 4.74 Å². The fraction of sp³-hybridized carbons (Fsp3) is 0.286. The number of ketones is 1. The van der Waals surface area contributed by atoms with E-state index in [2.05, 4.69) is 4.98 Å². The van der Waals surface area contributed by atoms with E-state index in [1.165, 1.54) is 18.4 Å². The maximum atomic E-state index is 11.8.